The number of aromatic nitrogens is 1. The molecule has 10 nitrogen and oxygen atoms in total. The summed E-state index contributed by atoms with van der Waals surface area (Å²) in [6.07, 6.45) is -7.37. The Hall–Kier alpha value is -4.62. The van der Waals surface area contributed by atoms with E-state index in [0.29, 0.717) is 31.6 Å². The van der Waals surface area contributed by atoms with Crippen molar-refractivity contribution in [1.82, 2.24) is 9.47 Å². The van der Waals surface area contributed by atoms with Gasteiger partial charge in [0.15, 0.2) is 5.76 Å². The molecule has 1 aromatic heterocycles. The van der Waals surface area contributed by atoms with Gasteiger partial charge in [-0.1, -0.05) is 57.7 Å². The van der Waals surface area contributed by atoms with E-state index in [1.807, 2.05) is 61.7 Å². The average molecular weight is 799 g/mol. The van der Waals surface area contributed by atoms with Crippen LogP contribution in [0.3, 0.4) is 0 Å². The number of hydrogen-bond donors (Lipinski definition) is 5. The van der Waals surface area contributed by atoms with Gasteiger partial charge in [-0.05, 0) is 48.2 Å². The van der Waals surface area contributed by atoms with Crippen molar-refractivity contribution < 1.29 is 64.8 Å². The monoisotopic (exact) mass is 798 g/mol. The summed E-state index contributed by atoms with van der Waals surface area (Å²) in [5.74, 6) is -6.76. The first-order valence-electron chi connectivity index (χ1n) is 15.8. The number of thioether (sulfide) groups is 1. The number of carbonyl (C=O) groups is 3. The van der Waals surface area contributed by atoms with Gasteiger partial charge in [0, 0.05) is 41.9 Å². The van der Waals surface area contributed by atoms with Gasteiger partial charge in [0.05, 0.1) is 11.8 Å². The Labute approximate surface area is 310 Å². The maximum Gasteiger partial charge on any atom is 0.490 e. The molecule has 0 aliphatic rings. The first-order valence-corrected chi connectivity index (χ1v) is 17.0. The van der Waals surface area contributed by atoms with Crippen LogP contribution in [0.2, 0.25) is 0 Å². The van der Waals surface area contributed by atoms with Crippen molar-refractivity contribution >= 4 is 29.6 Å². The van der Waals surface area contributed by atoms with E-state index in [1.54, 1.807) is 11.1 Å². The van der Waals surface area contributed by atoms with Gasteiger partial charge >= 0.3 is 24.3 Å². The second-order valence-electron chi connectivity index (χ2n) is 12.6. The number of nitrogens with zero attached hydrogens (tertiary/aromatic N) is 2. The lowest BCUT2D eigenvalue weighted by atomic mass is 9.83. The number of allylic oxidation sites excluding steroid dienone is 1. The highest BCUT2D eigenvalue weighted by Crippen LogP contribution is 2.41. The number of carbonyl (C=O) groups excluding carboxylic acids is 1. The summed E-state index contributed by atoms with van der Waals surface area (Å²) in [7, 11) is 0. The summed E-state index contributed by atoms with van der Waals surface area (Å²) in [4.78, 5) is 35.5. The van der Waals surface area contributed by atoms with Gasteiger partial charge in [0.1, 0.15) is 17.7 Å². The highest BCUT2D eigenvalue weighted by molar-refractivity contribution is 8.00. The molecule has 0 aliphatic heterocycles. The van der Waals surface area contributed by atoms with Gasteiger partial charge in [-0.2, -0.15) is 26.3 Å². The fraction of sp³-hybridized carbons (Fsp3) is 0.400. The Balaban J connectivity index is 0.000000879. The summed E-state index contributed by atoms with van der Waals surface area (Å²) < 4.78 is 95.2. The molecule has 2 atom stereocenters. The number of nitrogens with two attached hydrogens (primary N) is 2. The van der Waals surface area contributed by atoms with Crippen LogP contribution in [0.5, 0.6) is 0 Å². The molecule has 0 saturated heterocycles. The van der Waals surface area contributed by atoms with E-state index >= 15 is 0 Å². The molecule has 0 bridgehead atoms. The van der Waals surface area contributed by atoms with Gasteiger partial charge in [-0.25, -0.2) is 13.6 Å². The number of aliphatic hydroxyl groups excluding tert-OH is 1. The zero-order chi connectivity index (χ0) is 41.6. The average Bonchev–Trinajstić information content (AvgIpc) is 3.45. The number of amides is 1. The van der Waals surface area contributed by atoms with Gasteiger partial charge in [-0.3, -0.25) is 9.59 Å². The molecule has 300 valence electrons. The molecule has 1 unspecified atom stereocenters. The smallest absolute Gasteiger partial charge is 0.490 e. The number of hydrogen-bond acceptors (Lipinski definition) is 7. The molecule has 7 N–H and O–H groups in total. The number of aliphatic hydroxyl groups is 1. The third-order valence-electron chi connectivity index (χ3n) is 7.11. The number of benzene rings is 2. The lowest BCUT2D eigenvalue weighted by Crippen LogP contribution is -2.44. The number of carboxylic acids is 2. The first kappa shape index (κ1) is 47.4. The molecule has 1 amide bonds. The molecule has 1 heterocycles. The Morgan fingerprint density at radius 3 is 1.94 bits per heavy atom. The lowest BCUT2D eigenvalue weighted by Gasteiger charge is -2.41. The topological polar surface area (TPSA) is 172 Å². The standard InChI is InChI=1S/C30H38F2N4O3S.C3H3F3O.C2HF3O2/c1-30(2,3)28(36(13-7-12-33)27(37)19-40-18-25(34)29(38)39)26-14-21(23-15-22(31)10-11-24(23)32)17-35(26)16-20-8-5-4-6-9-20;1-2(7)3(4,5)6;3-2(4,5)1(6)7/h4-6,8-11,14-15,17,25,28H,7,12-13,16,18-19,33-34H2,1-3H3,(H,38,39);7H,1H2;(H,6,7)/t25?,28-;;/m0../s1. The zero-order valence-corrected chi connectivity index (χ0v) is 30.2. The third-order valence-corrected chi connectivity index (χ3v) is 8.16. The summed E-state index contributed by atoms with van der Waals surface area (Å²) in [5, 5.41) is 23.8. The van der Waals surface area contributed by atoms with Crippen LogP contribution in [-0.4, -0.2) is 85.6 Å². The third kappa shape index (κ3) is 15.8. The lowest BCUT2D eigenvalue weighted by molar-refractivity contribution is -0.192. The van der Waals surface area contributed by atoms with Crippen LogP contribution in [0, 0.1) is 17.0 Å². The molecule has 0 fully saturated rings. The van der Waals surface area contributed by atoms with Crippen LogP contribution >= 0.6 is 11.8 Å². The van der Waals surface area contributed by atoms with Gasteiger partial charge in [0.2, 0.25) is 5.91 Å². The maximum absolute atomic E-state index is 14.9. The Kier molecular flexibility index (Phi) is 18.2. The predicted molar refractivity (Wildman–Crippen MR) is 187 cm³/mol. The van der Waals surface area contributed by atoms with Gasteiger partial charge in [-0.15, -0.1) is 11.8 Å². The molecule has 54 heavy (non-hydrogen) atoms. The van der Waals surface area contributed by atoms with E-state index in [-0.39, 0.29) is 23.0 Å². The molecule has 3 rings (SSSR count). The molecular formula is C35H42F8N4O6S. The van der Waals surface area contributed by atoms with Gasteiger partial charge < -0.3 is 36.3 Å². The van der Waals surface area contributed by atoms with E-state index in [0.717, 1.165) is 23.4 Å². The Morgan fingerprint density at radius 2 is 1.48 bits per heavy atom. The number of rotatable bonds is 13. The highest BCUT2D eigenvalue weighted by Gasteiger charge is 2.39. The fourth-order valence-corrected chi connectivity index (χ4v) is 5.55. The van der Waals surface area contributed by atoms with Crippen molar-refractivity contribution in [3.63, 3.8) is 0 Å². The van der Waals surface area contributed by atoms with E-state index in [9.17, 15) is 44.7 Å². The van der Waals surface area contributed by atoms with Crippen molar-refractivity contribution in [3.8, 4) is 11.1 Å². The number of alkyl halides is 6. The number of carboxylic acid groups (broad SMARTS) is 2. The molecular weight excluding hydrogens is 756 g/mol. The fourth-order valence-electron chi connectivity index (χ4n) is 4.70. The molecule has 3 aromatic rings. The highest BCUT2D eigenvalue weighted by atomic mass is 32.2. The van der Waals surface area contributed by atoms with Crippen molar-refractivity contribution in [3.05, 3.63) is 96.0 Å². The second kappa shape index (κ2) is 20.7. The van der Waals surface area contributed by atoms with E-state index in [1.165, 1.54) is 17.8 Å². The maximum atomic E-state index is 14.9. The Morgan fingerprint density at radius 1 is 0.926 bits per heavy atom. The molecule has 0 radical (unpaired) electrons. The molecule has 0 aliphatic carbocycles. The SMILES string of the molecule is C=C(O)C(F)(F)F.CC(C)(C)[C@H](c1cc(-c2cc(F)ccc2F)cn1Cc1ccccc1)N(CCCN)C(=O)CSCC(N)C(=O)O.O=C(O)C(F)(F)F. The van der Waals surface area contributed by atoms with Crippen LogP contribution in [0.1, 0.15) is 44.5 Å². The van der Waals surface area contributed by atoms with Crippen molar-refractivity contribution in [2.45, 2.75) is 58.2 Å². The summed E-state index contributed by atoms with van der Waals surface area (Å²) in [6, 6.07) is 13.4. The Bertz CT molecular complexity index is 1670. The van der Waals surface area contributed by atoms with Crippen LogP contribution in [0.15, 0.2) is 73.1 Å². The predicted octanol–water partition coefficient (Wildman–Crippen LogP) is 7.15. The molecule has 0 spiro atoms. The van der Waals surface area contributed by atoms with Crippen molar-refractivity contribution in [1.29, 1.82) is 0 Å². The quantitative estimate of drug-likeness (QED) is 0.0890. The minimum Gasteiger partial charge on any atom is -0.505 e. The zero-order valence-electron chi connectivity index (χ0n) is 29.4. The molecule has 19 heteroatoms. The van der Waals surface area contributed by atoms with Crippen molar-refractivity contribution in [2.24, 2.45) is 16.9 Å². The van der Waals surface area contributed by atoms with Gasteiger partial charge in [0.25, 0.3) is 0 Å². The minimum absolute atomic E-state index is 0.0446. The van der Waals surface area contributed by atoms with Crippen LogP contribution < -0.4 is 11.5 Å². The van der Waals surface area contributed by atoms with Crippen molar-refractivity contribution in [2.75, 3.05) is 24.6 Å². The van der Waals surface area contributed by atoms with Crippen LogP contribution in [-0.2, 0) is 20.9 Å². The van der Waals surface area contributed by atoms with E-state index in [2.05, 4.69) is 6.58 Å². The van der Waals surface area contributed by atoms with Crippen LogP contribution in [0.4, 0.5) is 35.1 Å². The molecule has 0 saturated carbocycles. The number of halogens is 8. The first-order chi connectivity index (χ1) is 24.8. The summed E-state index contributed by atoms with van der Waals surface area (Å²) in [5.41, 5.74) is 13.4. The second-order valence-corrected chi connectivity index (χ2v) is 13.6. The summed E-state index contributed by atoms with van der Waals surface area (Å²) >= 11 is 1.17. The molecule has 2 aromatic carbocycles. The summed E-state index contributed by atoms with van der Waals surface area (Å²) in [6.45, 7) is 9.54. The number of aliphatic carboxylic acids is 2. The van der Waals surface area contributed by atoms with E-state index < -0.39 is 59.2 Å². The van der Waals surface area contributed by atoms with Crippen LogP contribution in [0.25, 0.3) is 11.1 Å². The van der Waals surface area contributed by atoms with E-state index in [4.69, 9.17) is 31.6 Å². The largest absolute Gasteiger partial charge is 0.505 e. The normalized spacial score (nSPS) is 12.7. The minimum atomic E-state index is -5.08.